The van der Waals surface area contributed by atoms with E-state index in [1.807, 2.05) is 26.0 Å². The number of hydrogen-bond acceptors (Lipinski definition) is 4. The quantitative estimate of drug-likeness (QED) is 0.884. The van der Waals surface area contributed by atoms with Crippen molar-refractivity contribution >= 4 is 0 Å². The molecule has 0 aliphatic carbocycles. The summed E-state index contributed by atoms with van der Waals surface area (Å²) in [6.45, 7) is 4.75. The molecular weight excluding hydrogens is 228 g/mol. The second-order valence-corrected chi connectivity index (χ2v) is 4.45. The molecule has 0 bridgehead atoms. The molecule has 1 aromatic carbocycles. The van der Waals surface area contributed by atoms with Gasteiger partial charge in [0, 0.05) is 17.5 Å². The maximum atomic E-state index is 9.22. The summed E-state index contributed by atoms with van der Waals surface area (Å²) >= 11 is 0. The molecular formula is C14H18N2O2. The van der Waals surface area contributed by atoms with Crippen molar-refractivity contribution in [1.29, 1.82) is 5.26 Å². The molecule has 2 unspecified atom stereocenters. The first-order chi connectivity index (χ1) is 8.69. The second-order valence-electron chi connectivity index (χ2n) is 4.45. The summed E-state index contributed by atoms with van der Waals surface area (Å²) in [4.78, 5) is 0. The predicted octanol–water partition coefficient (Wildman–Crippen LogP) is 2.19. The Morgan fingerprint density at radius 3 is 3.00 bits per heavy atom. The Hall–Kier alpha value is -1.73. The lowest BCUT2D eigenvalue weighted by molar-refractivity contribution is 0.254. The molecule has 96 valence electrons. The molecule has 2 atom stereocenters. The standard InChI is InChI=1S/C14H18N2O2/c1-4-16-12(8-15)11-7-13-10(5-9(2)18-13)6-14(11)17-3/h6-7,9,12,16H,4-5H2,1-3H3. The van der Waals surface area contributed by atoms with Crippen LogP contribution in [-0.2, 0) is 6.42 Å². The zero-order valence-electron chi connectivity index (χ0n) is 11.0. The molecule has 0 spiro atoms. The Morgan fingerprint density at radius 1 is 1.61 bits per heavy atom. The summed E-state index contributed by atoms with van der Waals surface area (Å²) < 4.78 is 11.1. The lowest BCUT2D eigenvalue weighted by Gasteiger charge is -2.15. The molecule has 0 radical (unpaired) electrons. The van der Waals surface area contributed by atoms with E-state index in [9.17, 15) is 5.26 Å². The highest BCUT2D eigenvalue weighted by molar-refractivity contribution is 5.51. The van der Waals surface area contributed by atoms with Gasteiger partial charge in [0.1, 0.15) is 23.6 Å². The van der Waals surface area contributed by atoms with Crippen molar-refractivity contribution in [1.82, 2.24) is 5.32 Å². The largest absolute Gasteiger partial charge is 0.496 e. The van der Waals surface area contributed by atoms with E-state index in [1.165, 1.54) is 0 Å². The molecule has 4 heteroatoms. The van der Waals surface area contributed by atoms with Crippen molar-refractivity contribution in [3.05, 3.63) is 23.3 Å². The molecule has 1 aromatic rings. The SMILES string of the molecule is CCNC(C#N)c1cc2c(cc1OC)CC(C)O2. The maximum Gasteiger partial charge on any atom is 0.125 e. The number of rotatable bonds is 4. The van der Waals surface area contributed by atoms with Crippen LogP contribution in [0.25, 0.3) is 0 Å². The number of fused-ring (bicyclic) bond motifs is 1. The van der Waals surface area contributed by atoms with Gasteiger partial charge in [0.2, 0.25) is 0 Å². The molecule has 1 heterocycles. The van der Waals surface area contributed by atoms with Gasteiger partial charge in [-0.25, -0.2) is 0 Å². The summed E-state index contributed by atoms with van der Waals surface area (Å²) in [5.74, 6) is 1.62. The van der Waals surface area contributed by atoms with Gasteiger partial charge < -0.3 is 9.47 Å². The highest BCUT2D eigenvalue weighted by atomic mass is 16.5. The van der Waals surface area contributed by atoms with Crippen molar-refractivity contribution in [2.24, 2.45) is 0 Å². The van der Waals surface area contributed by atoms with Crippen molar-refractivity contribution in [3.8, 4) is 17.6 Å². The van der Waals surface area contributed by atoms with Crippen molar-refractivity contribution < 1.29 is 9.47 Å². The fraction of sp³-hybridized carbons (Fsp3) is 0.500. The van der Waals surface area contributed by atoms with Crippen LogP contribution in [0.2, 0.25) is 0 Å². The molecule has 0 aromatic heterocycles. The van der Waals surface area contributed by atoms with Crippen molar-refractivity contribution in [2.45, 2.75) is 32.4 Å². The van der Waals surface area contributed by atoms with Crippen LogP contribution in [0.5, 0.6) is 11.5 Å². The Balaban J connectivity index is 2.41. The third-order valence-corrected chi connectivity index (χ3v) is 3.10. The molecule has 0 amide bonds. The van der Waals surface area contributed by atoms with Gasteiger partial charge in [-0.15, -0.1) is 0 Å². The highest BCUT2D eigenvalue weighted by Gasteiger charge is 2.24. The van der Waals surface area contributed by atoms with Gasteiger partial charge in [0.15, 0.2) is 0 Å². The molecule has 1 N–H and O–H groups in total. The summed E-state index contributed by atoms with van der Waals surface area (Å²) in [6, 6.07) is 5.79. The fourth-order valence-corrected chi connectivity index (χ4v) is 2.29. The molecule has 0 saturated heterocycles. The number of nitriles is 1. The minimum atomic E-state index is -0.366. The van der Waals surface area contributed by atoms with Gasteiger partial charge in [-0.2, -0.15) is 5.26 Å². The van der Waals surface area contributed by atoms with Crippen LogP contribution in [-0.4, -0.2) is 19.8 Å². The lowest BCUT2D eigenvalue weighted by Crippen LogP contribution is -2.19. The summed E-state index contributed by atoms with van der Waals surface area (Å²) in [5, 5.41) is 12.4. The van der Waals surface area contributed by atoms with Crippen LogP contribution in [0, 0.1) is 11.3 Å². The minimum absolute atomic E-state index is 0.194. The Labute approximate surface area is 108 Å². The summed E-state index contributed by atoms with van der Waals surface area (Å²) in [5.41, 5.74) is 1.99. The normalized spacial score (nSPS) is 18.7. The van der Waals surface area contributed by atoms with Gasteiger partial charge in [0.25, 0.3) is 0 Å². The molecule has 4 nitrogen and oxygen atoms in total. The van der Waals surface area contributed by atoms with E-state index in [0.717, 1.165) is 35.6 Å². The van der Waals surface area contributed by atoms with Gasteiger partial charge >= 0.3 is 0 Å². The van der Waals surface area contributed by atoms with Gasteiger partial charge in [-0.05, 0) is 25.6 Å². The number of benzene rings is 1. The predicted molar refractivity (Wildman–Crippen MR) is 68.8 cm³/mol. The monoisotopic (exact) mass is 246 g/mol. The van der Waals surface area contributed by atoms with Crippen molar-refractivity contribution in [2.75, 3.05) is 13.7 Å². The molecule has 2 rings (SSSR count). The Morgan fingerprint density at radius 2 is 2.39 bits per heavy atom. The second kappa shape index (κ2) is 5.28. The van der Waals surface area contributed by atoms with Crippen LogP contribution in [0.4, 0.5) is 0 Å². The highest BCUT2D eigenvalue weighted by Crippen LogP contribution is 2.37. The van der Waals surface area contributed by atoms with Gasteiger partial charge in [0.05, 0.1) is 13.2 Å². The van der Waals surface area contributed by atoms with E-state index in [1.54, 1.807) is 7.11 Å². The fourth-order valence-electron chi connectivity index (χ4n) is 2.29. The van der Waals surface area contributed by atoms with Crippen LogP contribution < -0.4 is 14.8 Å². The molecule has 18 heavy (non-hydrogen) atoms. The molecule has 1 aliphatic rings. The number of nitrogens with zero attached hydrogens (tertiary/aromatic N) is 1. The van der Waals surface area contributed by atoms with Crippen LogP contribution in [0.1, 0.15) is 31.0 Å². The van der Waals surface area contributed by atoms with E-state index in [0.29, 0.717) is 0 Å². The lowest BCUT2D eigenvalue weighted by atomic mass is 10.0. The molecule has 0 fully saturated rings. The van der Waals surface area contributed by atoms with E-state index < -0.39 is 0 Å². The topological polar surface area (TPSA) is 54.3 Å². The summed E-state index contributed by atoms with van der Waals surface area (Å²) in [6.07, 6.45) is 1.09. The Kier molecular flexibility index (Phi) is 3.73. The zero-order chi connectivity index (χ0) is 13.1. The number of ether oxygens (including phenoxy) is 2. The smallest absolute Gasteiger partial charge is 0.125 e. The van der Waals surface area contributed by atoms with E-state index in [2.05, 4.69) is 11.4 Å². The van der Waals surface area contributed by atoms with Crippen LogP contribution in [0.3, 0.4) is 0 Å². The number of hydrogen-bond donors (Lipinski definition) is 1. The average molecular weight is 246 g/mol. The zero-order valence-corrected chi connectivity index (χ0v) is 11.0. The molecule has 0 saturated carbocycles. The minimum Gasteiger partial charge on any atom is -0.496 e. The first-order valence-electron chi connectivity index (χ1n) is 6.20. The van der Waals surface area contributed by atoms with E-state index in [4.69, 9.17) is 9.47 Å². The van der Waals surface area contributed by atoms with Crippen molar-refractivity contribution in [3.63, 3.8) is 0 Å². The number of methoxy groups -OCH3 is 1. The van der Waals surface area contributed by atoms with Gasteiger partial charge in [-0.3, -0.25) is 5.32 Å². The third-order valence-electron chi connectivity index (χ3n) is 3.10. The third kappa shape index (κ3) is 2.27. The van der Waals surface area contributed by atoms with E-state index in [-0.39, 0.29) is 12.1 Å². The summed E-state index contributed by atoms with van der Waals surface area (Å²) in [7, 11) is 1.63. The number of nitrogens with one attached hydrogen (secondary N) is 1. The van der Waals surface area contributed by atoms with Crippen LogP contribution in [0.15, 0.2) is 12.1 Å². The first kappa shape index (κ1) is 12.7. The Bertz CT molecular complexity index is 479. The first-order valence-corrected chi connectivity index (χ1v) is 6.20. The van der Waals surface area contributed by atoms with E-state index >= 15 is 0 Å². The maximum absolute atomic E-state index is 9.22. The average Bonchev–Trinajstić information content (AvgIpc) is 2.73. The molecule has 1 aliphatic heterocycles. The van der Waals surface area contributed by atoms with Crippen LogP contribution >= 0.6 is 0 Å². The van der Waals surface area contributed by atoms with Gasteiger partial charge in [-0.1, -0.05) is 6.92 Å².